The van der Waals surface area contributed by atoms with Crippen molar-refractivity contribution in [3.8, 4) is 5.69 Å². The standard InChI is InChI=1S/C36H28BN3/c1-23-24(2)38-31-21-12-22-32-33(31)37(29-19-11-18-27(23)34(29)38)36-35(39(32)25-13-5-3-6-14-25)28-17-9-10-20-30(28)40(36)26-15-7-4-8-16-26/h3-24H,1-2H3. The van der Waals surface area contributed by atoms with Crippen LogP contribution in [0.15, 0.2) is 121 Å². The Labute approximate surface area is 235 Å². The minimum atomic E-state index is 0.123. The molecule has 3 aliphatic heterocycles. The van der Waals surface area contributed by atoms with Crippen LogP contribution in [-0.4, -0.2) is 17.3 Å². The van der Waals surface area contributed by atoms with Crippen LogP contribution in [0.25, 0.3) is 16.6 Å². The lowest BCUT2D eigenvalue weighted by Crippen LogP contribution is -2.63. The van der Waals surface area contributed by atoms with Gasteiger partial charge in [-0.3, -0.25) is 0 Å². The van der Waals surface area contributed by atoms with Crippen LogP contribution >= 0.6 is 0 Å². The first-order valence-corrected chi connectivity index (χ1v) is 14.3. The van der Waals surface area contributed by atoms with Crippen LogP contribution in [-0.2, 0) is 0 Å². The zero-order valence-corrected chi connectivity index (χ0v) is 22.6. The van der Waals surface area contributed by atoms with Gasteiger partial charge < -0.3 is 14.4 Å². The van der Waals surface area contributed by atoms with Gasteiger partial charge in [-0.1, -0.05) is 85.8 Å². The molecule has 4 heteroatoms. The average Bonchev–Trinajstić information content (AvgIpc) is 3.48. The van der Waals surface area contributed by atoms with Crippen molar-refractivity contribution < 1.29 is 0 Å². The van der Waals surface area contributed by atoms with Crippen molar-refractivity contribution in [3.05, 3.63) is 127 Å². The van der Waals surface area contributed by atoms with Crippen molar-refractivity contribution >= 4 is 62.6 Å². The summed E-state index contributed by atoms with van der Waals surface area (Å²) in [6.07, 6.45) is 0. The molecule has 3 aliphatic rings. The molecule has 6 aromatic rings. The van der Waals surface area contributed by atoms with Crippen LogP contribution in [0.2, 0.25) is 0 Å². The second kappa shape index (κ2) is 7.92. The summed E-state index contributed by atoms with van der Waals surface area (Å²) in [5.74, 6) is 0.468. The Balaban J connectivity index is 1.49. The highest BCUT2D eigenvalue weighted by molar-refractivity contribution is 7.00. The lowest BCUT2D eigenvalue weighted by molar-refractivity contribution is 0.643. The van der Waals surface area contributed by atoms with E-state index in [1.54, 1.807) is 0 Å². The molecule has 0 radical (unpaired) electrons. The predicted octanol–water partition coefficient (Wildman–Crippen LogP) is 6.89. The summed E-state index contributed by atoms with van der Waals surface area (Å²) in [6.45, 7) is 4.90. The number of hydrogen-bond donors (Lipinski definition) is 0. The Hall–Kier alpha value is -4.70. The Morgan fingerprint density at radius 2 is 1.27 bits per heavy atom. The summed E-state index contributed by atoms with van der Waals surface area (Å²) < 4.78 is 2.53. The van der Waals surface area contributed by atoms with Crippen LogP contribution in [0.4, 0.5) is 28.4 Å². The van der Waals surface area contributed by atoms with E-state index in [2.05, 4.69) is 150 Å². The minimum Gasteiger partial charge on any atom is -0.339 e. The first-order chi connectivity index (χ1) is 19.7. The summed E-state index contributed by atoms with van der Waals surface area (Å²) in [4.78, 5) is 5.15. The summed E-state index contributed by atoms with van der Waals surface area (Å²) in [7, 11) is 0. The number of rotatable bonds is 2. The number of hydrogen-bond acceptors (Lipinski definition) is 2. The molecule has 0 bridgehead atoms. The van der Waals surface area contributed by atoms with E-state index in [9.17, 15) is 0 Å². The predicted molar refractivity (Wildman–Crippen MR) is 169 cm³/mol. The fourth-order valence-corrected chi connectivity index (χ4v) is 7.73. The van der Waals surface area contributed by atoms with Crippen molar-refractivity contribution in [2.75, 3.05) is 9.80 Å². The van der Waals surface area contributed by atoms with Gasteiger partial charge in [0.1, 0.15) is 0 Å². The smallest absolute Gasteiger partial charge is 0.273 e. The van der Waals surface area contributed by atoms with Gasteiger partial charge in [-0.05, 0) is 65.9 Å². The molecule has 40 heavy (non-hydrogen) atoms. The summed E-state index contributed by atoms with van der Waals surface area (Å²) in [5, 5.41) is 1.28. The molecule has 0 saturated heterocycles. The second-order valence-electron chi connectivity index (χ2n) is 11.4. The Kier molecular flexibility index (Phi) is 4.39. The number of para-hydroxylation sites is 4. The SMILES string of the molecule is CC1c2cccc3c2N(c2cccc4c2B3c2c(c3ccccc3n2-c2ccccc2)N4c2ccccc2)C1C. The molecule has 0 fully saturated rings. The lowest BCUT2D eigenvalue weighted by Gasteiger charge is -2.43. The molecule has 0 spiro atoms. The largest absolute Gasteiger partial charge is 0.339 e. The van der Waals surface area contributed by atoms with Gasteiger partial charge in [0, 0.05) is 51.4 Å². The van der Waals surface area contributed by atoms with E-state index in [1.807, 2.05) is 0 Å². The molecule has 0 saturated carbocycles. The van der Waals surface area contributed by atoms with Crippen molar-refractivity contribution in [2.24, 2.45) is 0 Å². The van der Waals surface area contributed by atoms with Gasteiger partial charge in [0.05, 0.1) is 11.2 Å². The number of aromatic nitrogens is 1. The van der Waals surface area contributed by atoms with Crippen molar-refractivity contribution in [3.63, 3.8) is 0 Å². The molecule has 190 valence electrons. The molecular weight excluding hydrogens is 485 g/mol. The van der Waals surface area contributed by atoms with Crippen LogP contribution in [0, 0.1) is 0 Å². The van der Waals surface area contributed by atoms with Gasteiger partial charge in [-0.25, -0.2) is 0 Å². The Morgan fingerprint density at radius 1 is 0.600 bits per heavy atom. The highest BCUT2D eigenvalue weighted by Crippen LogP contribution is 2.50. The molecule has 0 N–H and O–H groups in total. The van der Waals surface area contributed by atoms with E-state index in [0.29, 0.717) is 12.0 Å². The van der Waals surface area contributed by atoms with Gasteiger partial charge in [0.25, 0.3) is 6.71 Å². The Bertz CT molecular complexity index is 1960. The number of benzene rings is 5. The number of fused-ring (bicyclic) bond motifs is 6. The van der Waals surface area contributed by atoms with Gasteiger partial charge in [0.15, 0.2) is 0 Å². The molecule has 4 heterocycles. The fourth-order valence-electron chi connectivity index (χ4n) is 7.73. The van der Waals surface area contributed by atoms with Crippen LogP contribution in [0.3, 0.4) is 0 Å². The first kappa shape index (κ1) is 22.2. The van der Waals surface area contributed by atoms with Gasteiger partial charge in [-0.15, -0.1) is 0 Å². The molecular formula is C36H28BN3. The minimum absolute atomic E-state index is 0.123. The van der Waals surface area contributed by atoms with E-state index in [1.165, 1.54) is 67.1 Å². The van der Waals surface area contributed by atoms with Crippen molar-refractivity contribution in [1.29, 1.82) is 0 Å². The third-order valence-electron chi connectivity index (χ3n) is 9.53. The molecule has 2 unspecified atom stereocenters. The van der Waals surface area contributed by atoms with E-state index in [4.69, 9.17) is 0 Å². The lowest BCUT2D eigenvalue weighted by atomic mass is 9.35. The Morgan fingerprint density at radius 3 is 2.08 bits per heavy atom. The quantitative estimate of drug-likeness (QED) is 0.233. The second-order valence-corrected chi connectivity index (χ2v) is 11.4. The maximum absolute atomic E-state index is 2.63. The summed E-state index contributed by atoms with van der Waals surface area (Å²) in [5.41, 5.74) is 14.6. The van der Waals surface area contributed by atoms with Gasteiger partial charge in [0.2, 0.25) is 0 Å². The van der Waals surface area contributed by atoms with Crippen molar-refractivity contribution in [2.45, 2.75) is 25.8 Å². The normalized spacial score (nSPS) is 18.1. The molecule has 0 amide bonds. The summed E-state index contributed by atoms with van der Waals surface area (Å²) in [6, 6.07) is 45.1. The van der Waals surface area contributed by atoms with Crippen LogP contribution in [0.1, 0.15) is 25.3 Å². The summed E-state index contributed by atoms with van der Waals surface area (Å²) >= 11 is 0. The molecule has 0 aliphatic carbocycles. The van der Waals surface area contributed by atoms with Crippen LogP contribution < -0.4 is 26.3 Å². The number of nitrogens with zero attached hydrogens (tertiary/aromatic N) is 3. The van der Waals surface area contributed by atoms with E-state index >= 15 is 0 Å². The third-order valence-corrected chi connectivity index (χ3v) is 9.53. The van der Waals surface area contributed by atoms with Crippen molar-refractivity contribution in [1.82, 2.24) is 4.57 Å². The van der Waals surface area contributed by atoms with E-state index in [0.717, 1.165) is 0 Å². The highest BCUT2D eigenvalue weighted by atomic mass is 15.2. The molecule has 1 aromatic heterocycles. The topological polar surface area (TPSA) is 11.4 Å². The monoisotopic (exact) mass is 513 g/mol. The molecule has 3 nitrogen and oxygen atoms in total. The van der Waals surface area contributed by atoms with E-state index in [-0.39, 0.29) is 6.71 Å². The highest BCUT2D eigenvalue weighted by Gasteiger charge is 2.49. The first-order valence-electron chi connectivity index (χ1n) is 14.3. The molecule has 9 rings (SSSR count). The zero-order chi connectivity index (χ0) is 26.5. The third kappa shape index (κ3) is 2.66. The van der Waals surface area contributed by atoms with Crippen LogP contribution in [0.5, 0.6) is 0 Å². The zero-order valence-electron chi connectivity index (χ0n) is 22.6. The molecule has 2 atom stereocenters. The van der Waals surface area contributed by atoms with Gasteiger partial charge >= 0.3 is 0 Å². The maximum atomic E-state index is 2.63. The number of anilines is 5. The maximum Gasteiger partial charge on any atom is 0.273 e. The van der Waals surface area contributed by atoms with E-state index < -0.39 is 0 Å². The molecule has 5 aromatic carbocycles. The average molecular weight is 513 g/mol. The fraction of sp³-hybridized carbons (Fsp3) is 0.111. The van der Waals surface area contributed by atoms with Gasteiger partial charge in [-0.2, -0.15) is 0 Å².